The van der Waals surface area contributed by atoms with E-state index in [9.17, 15) is 0 Å². The van der Waals surface area contributed by atoms with Gasteiger partial charge >= 0.3 is 0 Å². The van der Waals surface area contributed by atoms with Crippen molar-refractivity contribution in [1.29, 1.82) is 0 Å². The first-order valence-corrected chi connectivity index (χ1v) is 6.95. The summed E-state index contributed by atoms with van der Waals surface area (Å²) in [6.45, 7) is 10.3. The molecule has 0 radical (unpaired) electrons. The lowest BCUT2D eigenvalue weighted by Gasteiger charge is -2.24. The zero-order chi connectivity index (χ0) is 14.3. The fourth-order valence-electron chi connectivity index (χ4n) is 1.80. The zero-order valence-corrected chi connectivity index (χ0v) is 12.4. The summed E-state index contributed by atoms with van der Waals surface area (Å²) in [5.74, 6) is 1.19. The highest BCUT2D eigenvalue weighted by Crippen LogP contribution is 2.30. The molecule has 1 aromatic rings. The van der Waals surface area contributed by atoms with Crippen LogP contribution >= 0.6 is 0 Å². The van der Waals surface area contributed by atoms with E-state index in [2.05, 4.69) is 19.2 Å². The minimum atomic E-state index is 0.235. The van der Waals surface area contributed by atoms with Crippen molar-refractivity contribution in [3.8, 4) is 5.75 Å². The molecule has 108 valence electrons. The van der Waals surface area contributed by atoms with Gasteiger partial charge in [0.25, 0.3) is 0 Å². The van der Waals surface area contributed by atoms with Gasteiger partial charge in [-0.15, -0.1) is 0 Å². The summed E-state index contributed by atoms with van der Waals surface area (Å²) in [4.78, 5) is 0. The minimum absolute atomic E-state index is 0.235. The van der Waals surface area contributed by atoms with E-state index in [1.165, 1.54) is 0 Å². The molecule has 1 unspecified atom stereocenters. The second-order valence-corrected chi connectivity index (χ2v) is 4.80. The molecule has 0 aliphatic rings. The van der Waals surface area contributed by atoms with Crippen LogP contribution in [0.15, 0.2) is 18.2 Å². The van der Waals surface area contributed by atoms with Gasteiger partial charge in [0.15, 0.2) is 0 Å². The van der Waals surface area contributed by atoms with Crippen molar-refractivity contribution in [3.05, 3.63) is 18.2 Å². The summed E-state index contributed by atoms with van der Waals surface area (Å²) in [5.41, 5.74) is 7.68. The molecule has 0 saturated carbocycles. The Morgan fingerprint density at radius 3 is 2.53 bits per heavy atom. The number of hydrogen-bond donors (Lipinski definition) is 2. The molecule has 1 rings (SSSR count). The Bertz CT molecular complexity index is 380. The first kappa shape index (κ1) is 15.6. The standard InChI is InChI=1S/C15H26N2O2/c1-5-18-10-13(11(3)4)17-12-8-7-9-14(15(12)16)19-6-2/h7-9,11,13,17H,5-6,10,16H2,1-4H3. The summed E-state index contributed by atoms with van der Waals surface area (Å²) in [7, 11) is 0. The molecule has 0 aliphatic carbocycles. The fraction of sp³-hybridized carbons (Fsp3) is 0.600. The van der Waals surface area contributed by atoms with Gasteiger partial charge in [-0.05, 0) is 31.9 Å². The Kier molecular flexibility index (Phi) is 6.50. The van der Waals surface area contributed by atoms with E-state index >= 15 is 0 Å². The van der Waals surface area contributed by atoms with E-state index in [-0.39, 0.29) is 6.04 Å². The molecule has 1 aromatic carbocycles. The van der Waals surface area contributed by atoms with Crippen LogP contribution in [0.3, 0.4) is 0 Å². The van der Waals surface area contributed by atoms with Crippen LogP contribution in [0, 0.1) is 5.92 Å². The average molecular weight is 266 g/mol. The van der Waals surface area contributed by atoms with Crippen LogP contribution in [0.1, 0.15) is 27.7 Å². The van der Waals surface area contributed by atoms with Gasteiger partial charge < -0.3 is 20.5 Å². The first-order chi connectivity index (χ1) is 9.10. The summed E-state index contributed by atoms with van der Waals surface area (Å²) >= 11 is 0. The normalized spacial score (nSPS) is 12.5. The average Bonchev–Trinajstić information content (AvgIpc) is 2.38. The van der Waals surface area contributed by atoms with Crippen LogP contribution in [0.2, 0.25) is 0 Å². The number of para-hydroxylation sites is 1. The number of anilines is 2. The number of rotatable bonds is 8. The lowest BCUT2D eigenvalue weighted by atomic mass is 10.0. The Labute approximate surface area is 116 Å². The summed E-state index contributed by atoms with van der Waals surface area (Å²) in [6.07, 6.45) is 0. The summed E-state index contributed by atoms with van der Waals surface area (Å²) in [5, 5.41) is 3.45. The molecule has 0 heterocycles. The van der Waals surface area contributed by atoms with E-state index in [4.69, 9.17) is 15.2 Å². The summed E-state index contributed by atoms with van der Waals surface area (Å²) in [6, 6.07) is 6.04. The maximum absolute atomic E-state index is 6.12. The minimum Gasteiger partial charge on any atom is -0.492 e. The number of hydrogen-bond acceptors (Lipinski definition) is 4. The van der Waals surface area contributed by atoms with Gasteiger partial charge in [-0.25, -0.2) is 0 Å². The second kappa shape index (κ2) is 7.89. The molecule has 0 bridgehead atoms. The Balaban J connectivity index is 2.81. The number of nitrogen functional groups attached to an aromatic ring is 1. The highest BCUT2D eigenvalue weighted by Gasteiger charge is 2.15. The van der Waals surface area contributed by atoms with Crippen molar-refractivity contribution in [2.45, 2.75) is 33.7 Å². The third-order valence-corrected chi connectivity index (χ3v) is 3.01. The molecule has 1 atom stereocenters. The third kappa shape index (κ3) is 4.63. The van der Waals surface area contributed by atoms with E-state index in [0.29, 0.717) is 24.8 Å². The van der Waals surface area contributed by atoms with Crippen molar-refractivity contribution in [1.82, 2.24) is 0 Å². The molecule has 4 nitrogen and oxygen atoms in total. The fourth-order valence-corrected chi connectivity index (χ4v) is 1.80. The number of nitrogens with two attached hydrogens (primary N) is 1. The third-order valence-electron chi connectivity index (χ3n) is 3.01. The van der Waals surface area contributed by atoms with Crippen molar-refractivity contribution < 1.29 is 9.47 Å². The van der Waals surface area contributed by atoms with E-state index < -0.39 is 0 Å². The van der Waals surface area contributed by atoms with Gasteiger partial charge in [0.2, 0.25) is 0 Å². The maximum atomic E-state index is 6.12. The topological polar surface area (TPSA) is 56.5 Å². The molecular formula is C15H26N2O2. The molecule has 0 aromatic heterocycles. The predicted molar refractivity (Wildman–Crippen MR) is 80.8 cm³/mol. The molecule has 3 N–H and O–H groups in total. The molecule has 4 heteroatoms. The highest BCUT2D eigenvalue weighted by atomic mass is 16.5. The Hall–Kier alpha value is -1.42. The molecule has 0 amide bonds. The van der Waals surface area contributed by atoms with Crippen LogP contribution in [0.4, 0.5) is 11.4 Å². The van der Waals surface area contributed by atoms with Crippen LogP contribution < -0.4 is 15.8 Å². The van der Waals surface area contributed by atoms with Gasteiger partial charge in [0, 0.05) is 6.61 Å². The van der Waals surface area contributed by atoms with Crippen molar-refractivity contribution in [2.24, 2.45) is 5.92 Å². The van der Waals surface area contributed by atoms with Crippen LogP contribution in [0.5, 0.6) is 5.75 Å². The van der Waals surface area contributed by atoms with Gasteiger partial charge in [0.05, 0.1) is 30.6 Å². The second-order valence-electron chi connectivity index (χ2n) is 4.80. The monoisotopic (exact) mass is 266 g/mol. The first-order valence-electron chi connectivity index (χ1n) is 6.95. The van der Waals surface area contributed by atoms with Crippen molar-refractivity contribution in [3.63, 3.8) is 0 Å². The van der Waals surface area contributed by atoms with Crippen molar-refractivity contribution >= 4 is 11.4 Å². The van der Waals surface area contributed by atoms with Gasteiger partial charge in [-0.3, -0.25) is 0 Å². The van der Waals surface area contributed by atoms with Crippen LogP contribution in [0.25, 0.3) is 0 Å². The molecular weight excluding hydrogens is 240 g/mol. The van der Waals surface area contributed by atoms with E-state index in [0.717, 1.165) is 18.0 Å². The SMILES string of the molecule is CCOCC(Nc1cccc(OCC)c1N)C(C)C. The Morgan fingerprint density at radius 2 is 1.95 bits per heavy atom. The predicted octanol–water partition coefficient (Wildman–Crippen LogP) is 3.14. The smallest absolute Gasteiger partial charge is 0.144 e. The lowest BCUT2D eigenvalue weighted by Crippen LogP contribution is -2.31. The largest absolute Gasteiger partial charge is 0.492 e. The number of benzene rings is 1. The molecule has 0 saturated heterocycles. The molecule has 19 heavy (non-hydrogen) atoms. The van der Waals surface area contributed by atoms with Crippen molar-refractivity contribution in [2.75, 3.05) is 30.9 Å². The van der Waals surface area contributed by atoms with Crippen LogP contribution in [-0.4, -0.2) is 25.9 Å². The maximum Gasteiger partial charge on any atom is 0.144 e. The molecule has 0 fully saturated rings. The Morgan fingerprint density at radius 1 is 1.21 bits per heavy atom. The van der Waals surface area contributed by atoms with Gasteiger partial charge in [-0.2, -0.15) is 0 Å². The van der Waals surface area contributed by atoms with Gasteiger partial charge in [-0.1, -0.05) is 19.9 Å². The zero-order valence-electron chi connectivity index (χ0n) is 12.4. The van der Waals surface area contributed by atoms with E-state index in [1.807, 2.05) is 32.0 Å². The van der Waals surface area contributed by atoms with E-state index in [1.54, 1.807) is 0 Å². The molecule has 0 aliphatic heterocycles. The van der Waals surface area contributed by atoms with Crippen LogP contribution in [-0.2, 0) is 4.74 Å². The molecule has 0 spiro atoms. The number of nitrogens with one attached hydrogen (secondary N) is 1. The van der Waals surface area contributed by atoms with Gasteiger partial charge in [0.1, 0.15) is 5.75 Å². The highest BCUT2D eigenvalue weighted by molar-refractivity contribution is 5.73. The number of ether oxygens (including phenoxy) is 2. The lowest BCUT2D eigenvalue weighted by molar-refractivity contribution is 0.127. The quantitative estimate of drug-likeness (QED) is 0.710. The summed E-state index contributed by atoms with van der Waals surface area (Å²) < 4.78 is 11.0.